The quantitative estimate of drug-likeness (QED) is 0.804. The summed E-state index contributed by atoms with van der Waals surface area (Å²) in [5.74, 6) is -0.0968. The highest BCUT2D eigenvalue weighted by atomic mass is 35.5. The van der Waals surface area contributed by atoms with Crippen LogP contribution in [0.5, 0.6) is 5.75 Å². The van der Waals surface area contributed by atoms with Gasteiger partial charge in [-0.3, -0.25) is 0 Å². The van der Waals surface area contributed by atoms with Crippen molar-refractivity contribution < 1.29 is 9.13 Å². The van der Waals surface area contributed by atoms with Crippen LogP contribution in [0.25, 0.3) is 0 Å². The molecule has 0 radical (unpaired) electrons. The molecule has 0 aliphatic heterocycles. The van der Waals surface area contributed by atoms with Gasteiger partial charge in [0.15, 0.2) is 11.6 Å². The van der Waals surface area contributed by atoms with E-state index in [1.54, 1.807) is 18.2 Å². The molecular weight excluding hydrogens is 267 g/mol. The Labute approximate surface area is 115 Å². The first-order valence-electron chi connectivity index (χ1n) is 5.55. The molecule has 96 valence electrons. The molecule has 5 heteroatoms. The van der Waals surface area contributed by atoms with E-state index < -0.39 is 5.82 Å². The lowest BCUT2D eigenvalue weighted by Gasteiger charge is -2.08. The van der Waals surface area contributed by atoms with Crippen molar-refractivity contribution in [3.05, 3.63) is 59.2 Å². The number of aromatic nitrogens is 1. The minimum Gasteiger partial charge on any atom is -0.486 e. The van der Waals surface area contributed by atoms with Gasteiger partial charge in [0.25, 0.3) is 0 Å². The largest absolute Gasteiger partial charge is 0.486 e. The summed E-state index contributed by atoms with van der Waals surface area (Å²) < 4.78 is 19.0. The highest BCUT2D eigenvalue weighted by molar-refractivity contribution is 6.17. The molecule has 2 rings (SSSR count). The molecule has 0 aliphatic rings. The van der Waals surface area contributed by atoms with Crippen LogP contribution in [0.1, 0.15) is 16.8 Å². The molecule has 0 spiro atoms. The van der Waals surface area contributed by atoms with Gasteiger partial charge in [0.05, 0.1) is 0 Å². The van der Waals surface area contributed by atoms with Gasteiger partial charge in [-0.15, -0.1) is 11.6 Å². The summed E-state index contributed by atoms with van der Waals surface area (Å²) in [5, 5.41) is 8.88. The van der Waals surface area contributed by atoms with Crippen LogP contribution >= 0.6 is 11.6 Å². The summed E-state index contributed by atoms with van der Waals surface area (Å²) in [4.78, 5) is 3.91. The Morgan fingerprint density at radius 3 is 2.89 bits per heavy atom. The zero-order chi connectivity index (χ0) is 13.7. The monoisotopic (exact) mass is 276 g/mol. The fourth-order valence-electron chi connectivity index (χ4n) is 1.56. The van der Waals surface area contributed by atoms with Crippen LogP contribution in [0.2, 0.25) is 0 Å². The molecule has 0 amide bonds. The van der Waals surface area contributed by atoms with Crippen LogP contribution in [0, 0.1) is 17.1 Å². The van der Waals surface area contributed by atoms with E-state index in [4.69, 9.17) is 21.6 Å². The molecule has 0 N–H and O–H groups in total. The van der Waals surface area contributed by atoms with Gasteiger partial charge in [-0.25, -0.2) is 9.37 Å². The fourth-order valence-corrected chi connectivity index (χ4v) is 1.72. The van der Waals surface area contributed by atoms with Crippen molar-refractivity contribution in [1.29, 1.82) is 5.26 Å². The fraction of sp³-hybridized carbons (Fsp3) is 0.143. The number of nitriles is 1. The second kappa shape index (κ2) is 6.17. The Morgan fingerprint density at radius 1 is 1.37 bits per heavy atom. The van der Waals surface area contributed by atoms with Gasteiger partial charge in [0.2, 0.25) is 0 Å². The molecule has 0 saturated carbocycles. The average molecular weight is 277 g/mol. The highest BCUT2D eigenvalue weighted by Crippen LogP contribution is 2.20. The Kier molecular flexibility index (Phi) is 4.32. The van der Waals surface area contributed by atoms with Crippen LogP contribution < -0.4 is 4.74 Å². The maximum Gasteiger partial charge on any atom is 0.165 e. The topological polar surface area (TPSA) is 45.9 Å². The molecular formula is C14H10ClFN2O. The van der Waals surface area contributed by atoms with Gasteiger partial charge in [-0.1, -0.05) is 12.1 Å². The molecule has 1 aromatic carbocycles. The maximum atomic E-state index is 13.7. The van der Waals surface area contributed by atoms with Crippen molar-refractivity contribution >= 4 is 11.6 Å². The second-order valence-electron chi connectivity index (χ2n) is 3.81. The Bertz CT molecular complexity index is 625. The van der Waals surface area contributed by atoms with Crippen molar-refractivity contribution in [3.63, 3.8) is 0 Å². The molecule has 0 unspecified atom stereocenters. The molecule has 1 heterocycles. The van der Waals surface area contributed by atoms with Crippen LogP contribution in [-0.4, -0.2) is 4.98 Å². The van der Waals surface area contributed by atoms with E-state index >= 15 is 0 Å². The number of pyridine rings is 1. The van der Waals surface area contributed by atoms with Crippen LogP contribution in [-0.2, 0) is 12.5 Å². The lowest BCUT2D eigenvalue weighted by Crippen LogP contribution is -2.01. The number of hydrogen-bond donors (Lipinski definition) is 0. The highest BCUT2D eigenvalue weighted by Gasteiger charge is 2.07. The van der Waals surface area contributed by atoms with Crippen molar-refractivity contribution in [2.24, 2.45) is 0 Å². The van der Waals surface area contributed by atoms with E-state index in [1.165, 1.54) is 18.3 Å². The van der Waals surface area contributed by atoms with Crippen LogP contribution in [0.3, 0.4) is 0 Å². The summed E-state index contributed by atoms with van der Waals surface area (Å²) in [6, 6.07) is 9.93. The maximum absolute atomic E-state index is 13.7. The summed E-state index contributed by atoms with van der Waals surface area (Å²) in [6.07, 6.45) is 1.53. The number of alkyl halides is 1. The Morgan fingerprint density at radius 2 is 2.21 bits per heavy atom. The molecule has 2 aromatic rings. The predicted octanol–water partition coefficient (Wildman–Crippen LogP) is 3.41. The number of halogens is 2. The number of benzene rings is 1. The average Bonchev–Trinajstić information content (AvgIpc) is 2.46. The molecule has 0 aliphatic carbocycles. The van der Waals surface area contributed by atoms with Crippen molar-refractivity contribution in [2.75, 3.05) is 0 Å². The van der Waals surface area contributed by atoms with Gasteiger partial charge < -0.3 is 4.74 Å². The standard InChI is InChI=1S/C14H10ClFN2O/c15-7-10-3-4-14(12(16)6-10)19-9-11-2-1-5-18-13(11)8-17/h1-6H,7,9H2. The zero-order valence-corrected chi connectivity index (χ0v) is 10.7. The molecule has 0 fully saturated rings. The van der Waals surface area contributed by atoms with Crippen molar-refractivity contribution in [1.82, 2.24) is 4.98 Å². The lowest BCUT2D eigenvalue weighted by atomic mass is 10.2. The SMILES string of the molecule is N#Cc1ncccc1COc1ccc(CCl)cc1F. The van der Waals surface area contributed by atoms with Gasteiger partial charge in [-0.2, -0.15) is 5.26 Å². The van der Waals surface area contributed by atoms with Crippen LogP contribution in [0.15, 0.2) is 36.5 Å². The molecule has 0 bridgehead atoms. The van der Waals surface area contributed by atoms with Crippen molar-refractivity contribution in [3.8, 4) is 11.8 Å². The summed E-state index contributed by atoms with van der Waals surface area (Å²) >= 11 is 5.61. The first kappa shape index (κ1) is 13.3. The first-order valence-corrected chi connectivity index (χ1v) is 6.09. The number of rotatable bonds is 4. The van der Waals surface area contributed by atoms with E-state index in [0.29, 0.717) is 11.1 Å². The molecule has 0 saturated heterocycles. The van der Waals surface area contributed by atoms with Gasteiger partial charge >= 0.3 is 0 Å². The lowest BCUT2D eigenvalue weighted by molar-refractivity contribution is 0.289. The summed E-state index contributed by atoms with van der Waals surface area (Å²) in [6.45, 7) is 0.0911. The smallest absolute Gasteiger partial charge is 0.165 e. The molecule has 1 aromatic heterocycles. The third-order valence-corrected chi connectivity index (χ3v) is 2.84. The first-order chi connectivity index (χ1) is 9.24. The number of ether oxygens (including phenoxy) is 1. The van der Waals surface area contributed by atoms with Gasteiger partial charge in [0, 0.05) is 17.6 Å². The van der Waals surface area contributed by atoms with Gasteiger partial charge in [-0.05, 0) is 23.8 Å². The minimum atomic E-state index is -0.472. The van der Waals surface area contributed by atoms with Crippen LogP contribution in [0.4, 0.5) is 4.39 Å². The van der Waals surface area contributed by atoms with Gasteiger partial charge in [0.1, 0.15) is 18.4 Å². The van der Waals surface area contributed by atoms with E-state index in [0.717, 1.165) is 0 Å². The van der Waals surface area contributed by atoms with E-state index in [-0.39, 0.29) is 23.9 Å². The second-order valence-corrected chi connectivity index (χ2v) is 4.08. The van der Waals surface area contributed by atoms with E-state index in [9.17, 15) is 4.39 Å². The molecule has 19 heavy (non-hydrogen) atoms. The molecule has 0 atom stereocenters. The summed E-state index contributed by atoms with van der Waals surface area (Å²) in [7, 11) is 0. The normalized spacial score (nSPS) is 9.95. The van der Waals surface area contributed by atoms with Crippen molar-refractivity contribution in [2.45, 2.75) is 12.5 Å². The Balaban J connectivity index is 2.13. The van der Waals surface area contributed by atoms with E-state index in [2.05, 4.69) is 4.98 Å². The third-order valence-electron chi connectivity index (χ3n) is 2.53. The molecule has 3 nitrogen and oxygen atoms in total. The zero-order valence-electron chi connectivity index (χ0n) is 9.94. The minimum absolute atomic E-state index is 0.0911. The number of hydrogen-bond acceptors (Lipinski definition) is 3. The van der Waals surface area contributed by atoms with E-state index in [1.807, 2.05) is 6.07 Å². The Hall–Kier alpha value is -2.12. The third kappa shape index (κ3) is 3.21. The summed E-state index contributed by atoms with van der Waals surface area (Å²) in [5.41, 5.74) is 1.58. The number of nitrogens with zero attached hydrogens (tertiary/aromatic N) is 2. The predicted molar refractivity (Wildman–Crippen MR) is 69.2 cm³/mol.